The summed E-state index contributed by atoms with van der Waals surface area (Å²) in [5.41, 5.74) is 11.4. The molecular formula is C10H21N3O2. The first-order valence-corrected chi connectivity index (χ1v) is 5.32. The van der Waals surface area contributed by atoms with Crippen LogP contribution in [0.25, 0.3) is 0 Å². The second kappa shape index (κ2) is 8.38. The van der Waals surface area contributed by atoms with E-state index in [1.54, 1.807) is 0 Å². The lowest BCUT2D eigenvalue weighted by Crippen LogP contribution is -2.29. The molecule has 0 aromatic rings. The number of carboxylic acid groups (broad SMARTS) is 1. The molecule has 0 aliphatic heterocycles. The number of carboxylic acids is 1. The summed E-state index contributed by atoms with van der Waals surface area (Å²) in [6, 6.07) is -0.761. The van der Waals surface area contributed by atoms with Gasteiger partial charge in [-0.2, -0.15) is 0 Å². The molecule has 0 aromatic heterocycles. The number of unbranched alkanes of at least 4 members (excludes halogenated alkanes) is 1. The molecule has 88 valence electrons. The van der Waals surface area contributed by atoms with Gasteiger partial charge in [0.05, 0.1) is 0 Å². The smallest absolute Gasteiger partial charge is 0.320 e. The Hall–Kier alpha value is -0.940. The molecule has 0 unspecified atom stereocenters. The highest BCUT2D eigenvalue weighted by Crippen LogP contribution is 2.05. The average molecular weight is 215 g/mol. The number of hydrogen-bond donors (Lipinski definition) is 4. The van der Waals surface area contributed by atoms with Crippen molar-refractivity contribution in [3.8, 4) is 0 Å². The number of carbonyl (C=O) groups is 1. The molecule has 0 amide bonds. The molecule has 0 spiro atoms. The average Bonchev–Trinajstić information content (AvgIpc) is 2.20. The van der Waals surface area contributed by atoms with Crippen LogP contribution in [0, 0.1) is 5.41 Å². The van der Waals surface area contributed by atoms with E-state index in [-0.39, 0.29) is 0 Å². The highest BCUT2D eigenvalue weighted by Gasteiger charge is 2.10. The van der Waals surface area contributed by atoms with E-state index in [0.717, 1.165) is 32.1 Å². The minimum Gasteiger partial charge on any atom is -0.480 e. The molecule has 5 nitrogen and oxygen atoms in total. The predicted molar refractivity (Wildman–Crippen MR) is 60.1 cm³/mol. The van der Waals surface area contributed by atoms with Gasteiger partial charge in [0.15, 0.2) is 0 Å². The van der Waals surface area contributed by atoms with Gasteiger partial charge in [-0.25, -0.2) is 0 Å². The minimum atomic E-state index is -0.951. The van der Waals surface area contributed by atoms with Crippen molar-refractivity contribution < 1.29 is 9.90 Å². The van der Waals surface area contributed by atoms with E-state index in [4.69, 9.17) is 22.0 Å². The largest absolute Gasteiger partial charge is 0.480 e. The minimum absolute atomic E-state index is 0.486. The summed E-state index contributed by atoms with van der Waals surface area (Å²) in [4.78, 5) is 10.4. The van der Waals surface area contributed by atoms with Crippen LogP contribution in [-0.4, -0.2) is 29.4 Å². The zero-order chi connectivity index (χ0) is 11.7. The molecule has 0 aromatic carbocycles. The van der Waals surface area contributed by atoms with Gasteiger partial charge in [-0.3, -0.25) is 4.79 Å². The number of nitrogens with two attached hydrogens (primary N) is 2. The van der Waals surface area contributed by atoms with E-state index in [9.17, 15) is 4.79 Å². The van der Waals surface area contributed by atoms with Gasteiger partial charge < -0.3 is 22.0 Å². The van der Waals surface area contributed by atoms with E-state index in [1.165, 1.54) is 0 Å². The summed E-state index contributed by atoms with van der Waals surface area (Å²) < 4.78 is 0. The van der Waals surface area contributed by atoms with Gasteiger partial charge in [0.1, 0.15) is 6.04 Å². The summed E-state index contributed by atoms with van der Waals surface area (Å²) in [6.07, 6.45) is 4.42. The van der Waals surface area contributed by atoms with Crippen molar-refractivity contribution >= 4 is 11.7 Å². The third-order valence-corrected chi connectivity index (χ3v) is 2.24. The maximum atomic E-state index is 10.4. The molecule has 0 saturated carbocycles. The zero-order valence-corrected chi connectivity index (χ0v) is 9.04. The van der Waals surface area contributed by atoms with Gasteiger partial charge >= 0.3 is 5.97 Å². The normalized spacial score (nSPS) is 12.4. The SMILES string of the molecule is N=C(CCCN)CCCC[C@H](N)C(=O)O. The first-order chi connectivity index (χ1) is 7.07. The summed E-state index contributed by atoms with van der Waals surface area (Å²) in [5, 5.41) is 16.1. The Labute approximate surface area is 90.3 Å². The first kappa shape index (κ1) is 14.1. The molecule has 0 radical (unpaired) electrons. The first-order valence-electron chi connectivity index (χ1n) is 5.32. The van der Waals surface area contributed by atoms with Crippen molar-refractivity contribution in [1.82, 2.24) is 0 Å². The van der Waals surface area contributed by atoms with E-state index < -0.39 is 12.0 Å². The molecule has 0 rings (SSSR count). The summed E-state index contributed by atoms with van der Waals surface area (Å²) in [6.45, 7) is 0.617. The van der Waals surface area contributed by atoms with Crippen LogP contribution in [0.2, 0.25) is 0 Å². The number of nitrogens with one attached hydrogen (secondary N) is 1. The monoisotopic (exact) mass is 215 g/mol. The third kappa shape index (κ3) is 8.08. The lowest BCUT2D eigenvalue weighted by Gasteiger charge is -2.06. The van der Waals surface area contributed by atoms with E-state index >= 15 is 0 Å². The highest BCUT2D eigenvalue weighted by molar-refractivity contribution is 5.81. The topological polar surface area (TPSA) is 113 Å². The summed E-state index contributed by atoms with van der Waals surface area (Å²) >= 11 is 0. The Bertz CT molecular complexity index is 207. The highest BCUT2D eigenvalue weighted by atomic mass is 16.4. The molecule has 6 N–H and O–H groups in total. The molecule has 15 heavy (non-hydrogen) atoms. The molecule has 5 heteroatoms. The standard InChI is InChI=1S/C10H21N3O2/c11-7-3-5-8(12)4-1-2-6-9(13)10(14)15/h9,12H,1-7,11,13H2,(H,14,15)/t9-/m0/s1. The molecule has 0 bridgehead atoms. The van der Waals surface area contributed by atoms with Crippen LogP contribution < -0.4 is 11.5 Å². The van der Waals surface area contributed by atoms with Crippen molar-refractivity contribution in [3.63, 3.8) is 0 Å². The second-order valence-electron chi connectivity index (χ2n) is 3.69. The fourth-order valence-corrected chi connectivity index (χ4v) is 1.27. The van der Waals surface area contributed by atoms with Gasteiger partial charge in [0, 0.05) is 5.71 Å². The number of rotatable bonds is 9. The van der Waals surface area contributed by atoms with Crippen molar-refractivity contribution in [3.05, 3.63) is 0 Å². The van der Waals surface area contributed by atoms with Crippen LogP contribution in [0.4, 0.5) is 0 Å². The van der Waals surface area contributed by atoms with Crippen molar-refractivity contribution in [2.45, 2.75) is 44.6 Å². The summed E-state index contributed by atoms with van der Waals surface area (Å²) in [7, 11) is 0. The van der Waals surface area contributed by atoms with Gasteiger partial charge in [-0.05, 0) is 38.6 Å². The van der Waals surface area contributed by atoms with Gasteiger partial charge in [-0.1, -0.05) is 6.42 Å². The Kier molecular flexibility index (Phi) is 7.85. The van der Waals surface area contributed by atoms with Crippen LogP contribution in [0.3, 0.4) is 0 Å². The Morgan fingerprint density at radius 2 is 1.87 bits per heavy atom. The van der Waals surface area contributed by atoms with Crippen molar-refractivity contribution in [1.29, 1.82) is 5.41 Å². The number of hydrogen-bond acceptors (Lipinski definition) is 4. The van der Waals surface area contributed by atoms with Crippen LogP contribution in [-0.2, 0) is 4.79 Å². The van der Waals surface area contributed by atoms with Gasteiger partial charge in [-0.15, -0.1) is 0 Å². The van der Waals surface area contributed by atoms with Crippen molar-refractivity contribution in [2.75, 3.05) is 6.54 Å². The van der Waals surface area contributed by atoms with Crippen LogP contribution >= 0.6 is 0 Å². The van der Waals surface area contributed by atoms with Gasteiger partial charge in [0.2, 0.25) is 0 Å². The van der Waals surface area contributed by atoms with Crippen LogP contribution in [0.1, 0.15) is 38.5 Å². The van der Waals surface area contributed by atoms with E-state index in [0.29, 0.717) is 18.7 Å². The second-order valence-corrected chi connectivity index (χ2v) is 3.69. The third-order valence-electron chi connectivity index (χ3n) is 2.24. The molecule has 0 aliphatic carbocycles. The van der Waals surface area contributed by atoms with Crippen LogP contribution in [0.5, 0.6) is 0 Å². The fraction of sp³-hybridized carbons (Fsp3) is 0.800. The van der Waals surface area contributed by atoms with Crippen LogP contribution in [0.15, 0.2) is 0 Å². The Morgan fingerprint density at radius 3 is 2.40 bits per heavy atom. The molecule has 0 fully saturated rings. The Balaban J connectivity index is 3.38. The molecular weight excluding hydrogens is 194 g/mol. The fourth-order valence-electron chi connectivity index (χ4n) is 1.27. The molecule has 1 atom stereocenters. The quantitative estimate of drug-likeness (QED) is 0.335. The molecule has 0 aliphatic rings. The molecule has 0 heterocycles. The molecule has 0 saturated heterocycles. The lowest BCUT2D eigenvalue weighted by molar-refractivity contribution is -0.138. The maximum absolute atomic E-state index is 10.4. The maximum Gasteiger partial charge on any atom is 0.320 e. The van der Waals surface area contributed by atoms with Crippen molar-refractivity contribution in [2.24, 2.45) is 11.5 Å². The van der Waals surface area contributed by atoms with Gasteiger partial charge in [0.25, 0.3) is 0 Å². The lowest BCUT2D eigenvalue weighted by atomic mass is 10.0. The van der Waals surface area contributed by atoms with E-state index in [2.05, 4.69) is 0 Å². The van der Waals surface area contributed by atoms with E-state index in [1.807, 2.05) is 0 Å². The Morgan fingerprint density at radius 1 is 1.27 bits per heavy atom. The summed E-state index contributed by atoms with van der Waals surface area (Å²) in [5.74, 6) is -0.951. The predicted octanol–water partition coefficient (Wildman–Crippen LogP) is 0.717. The zero-order valence-electron chi connectivity index (χ0n) is 9.04. The number of aliphatic carboxylic acids is 1.